The lowest BCUT2D eigenvalue weighted by Gasteiger charge is -2.25. The highest BCUT2D eigenvalue weighted by Crippen LogP contribution is 2.29. The third kappa shape index (κ3) is 2.65. The summed E-state index contributed by atoms with van der Waals surface area (Å²) >= 11 is 0. The summed E-state index contributed by atoms with van der Waals surface area (Å²) in [5.41, 5.74) is 0. The van der Waals surface area contributed by atoms with Crippen molar-refractivity contribution in [1.82, 2.24) is 0 Å². The van der Waals surface area contributed by atoms with Crippen LogP contribution in [-0.4, -0.2) is 75.1 Å². The molecule has 0 aromatic carbocycles. The van der Waals surface area contributed by atoms with Crippen LogP contribution in [0.2, 0.25) is 0 Å². The van der Waals surface area contributed by atoms with Gasteiger partial charge in [0.2, 0.25) is 5.79 Å². The average molecular weight is 224 g/mol. The van der Waals surface area contributed by atoms with E-state index in [2.05, 4.69) is 4.65 Å². The summed E-state index contributed by atoms with van der Waals surface area (Å²) < 4.78 is 8.96. The lowest BCUT2D eigenvalue weighted by molar-refractivity contribution is -0.247. The summed E-state index contributed by atoms with van der Waals surface area (Å²) in [6, 6.07) is 0. The van der Waals surface area contributed by atoms with Crippen LogP contribution in [0.3, 0.4) is 0 Å². The highest BCUT2D eigenvalue weighted by atomic mass is 16.7. The molecule has 4 atom stereocenters. The molecular weight excluding hydrogens is 211 g/mol. The van der Waals surface area contributed by atoms with E-state index in [4.69, 9.17) is 19.9 Å². The molecule has 1 heterocycles. The first-order valence-electron chi connectivity index (χ1n) is 4.25. The van der Waals surface area contributed by atoms with Gasteiger partial charge in [0.15, 0.2) is 0 Å². The van der Waals surface area contributed by atoms with Crippen LogP contribution in [0.25, 0.3) is 0 Å². The van der Waals surface area contributed by atoms with E-state index in [1.807, 2.05) is 0 Å². The Labute approximate surface area is 85.5 Å². The third-order valence-electron chi connectivity index (χ3n) is 2.14. The largest absolute Gasteiger partial charge is 0.634 e. The van der Waals surface area contributed by atoms with Crippen molar-refractivity contribution >= 4 is 7.32 Å². The summed E-state index contributed by atoms with van der Waals surface area (Å²) in [6.07, 6.45) is -4.32. The predicted octanol–water partition coefficient (Wildman–Crippen LogP) is -4.23. The van der Waals surface area contributed by atoms with E-state index in [1.165, 1.54) is 0 Å². The minimum atomic E-state index is -2.27. The van der Waals surface area contributed by atoms with Gasteiger partial charge >= 0.3 is 7.32 Å². The van der Waals surface area contributed by atoms with Crippen molar-refractivity contribution in [2.24, 2.45) is 0 Å². The van der Waals surface area contributed by atoms with Gasteiger partial charge in [0, 0.05) is 0 Å². The van der Waals surface area contributed by atoms with Crippen LogP contribution in [-0.2, 0) is 9.39 Å². The maximum absolute atomic E-state index is 9.59. The molecule has 6 N–H and O–H groups in total. The molecule has 0 aliphatic carbocycles. The van der Waals surface area contributed by atoms with Gasteiger partial charge in [0.1, 0.15) is 18.3 Å². The van der Waals surface area contributed by atoms with E-state index >= 15 is 0 Å². The summed E-state index contributed by atoms with van der Waals surface area (Å²) in [7, 11) is -2.13. The molecule has 0 aromatic rings. The van der Waals surface area contributed by atoms with Crippen molar-refractivity contribution in [1.29, 1.82) is 0 Å². The van der Waals surface area contributed by atoms with Crippen LogP contribution >= 0.6 is 0 Å². The lowest BCUT2D eigenvalue weighted by atomic mass is 10.1. The smallest absolute Gasteiger partial charge is 0.402 e. The molecule has 0 bridgehead atoms. The summed E-state index contributed by atoms with van der Waals surface area (Å²) in [6.45, 7) is -1.35. The highest BCUT2D eigenvalue weighted by molar-refractivity contribution is 6.32. The lowest BCUT2D eigenvalue weighted by Crippen LogP contribution is -2.48. The van der Waals surface area contributed by atoms with E-state index in [0.717, 1.165) is 0 Å². The van der Waals surface area contributed by atoms with E-state index in [0.29, 0.717) is 0 Å². The number of hydrogen-bond acceptors (Lipinski definition) is 8. The predicted molar refractivity (Wildman–Crippen MR) is 45.1 cm³/mol. The minimum Gasteiger partial charge on any atom is -0.402 e. The Bertz CT molecular complexity index is 213. The first kappa shape index (κ1) is 12.8. The first-order chi connectivity index (χ1) is 6.90. The topological polar surface area (TPSA) is 140 Å². The second kappa shape index (κ2) is 4.72. The van der Waals surface area contributed by atoms with E-state index in [-0.39, 0.29) is 0 Å². The number of aliphatic hydroxyl groups is 4. The zero-order valence-corrected chi connectivity index (χ0v) is 7.72. The van der Waals surface area contributed by atoms with Gasteiger partial charge < -0.3 is 39.9 Å². The standard InChI is InChI=1S/C6H13BO8/c8-1-3-4(9)5(10)6(11,15-3)2-14-7(12)13/h3-5,8-13H,1-2H2/t3-,4-,5+,6+/m1/s1. The van der Waals surface area contributed by atoms with E-state index < -0.39 is 44.6 Å². The van der Waals surface area contributed by atoms with Gasteiger partial charge in [0.25, 0.3) is 0 Å². The average Bonchev–Trinajstić information content (AvgIpc) is 2.41. The van der Waals surface area contributed by atoms with Gasteiger partial charge in [-0.25, -0.2) is 0 Å². The normalized spacial score (nSPS) is 40.8. The fourth-order valence-electron chi connectivity index (χ4n) is 1.33. The molecule has 0 saturated carbocycles. The Morgan fingerprint density at radius 1 is 1.33 bits per heavy atom. The molecule has 9 heteroatoms. The summed E-state index contributed by atoms with van der Waals surface area (Å²) in [5.74, 6) is -2.27. The number of rotatable bonds is 4. The van der Waals surface area contributed by atoms with Crippen LogP contribution in [0.5, 0.6) is 0 Å². The van der Waals surface area contributed by atoms with Crippen molar-refractivity contribution in [3.63, 3.8) is 0 Å². The van der Waals surface area contributed by atoms with Gasteiger partial charge in [-0.2, -0.15) is 0 Å². The molecule has 1 rings (SSSR count). The summed E-state index contributed by atoms with van der Waals surface area (Å²) in [4.78, 5) is 0. The molecule has 8 nitrogen and oxygen atoms in total. The van der Waals surface area contributed by atoms with Gasteiger partial charge in [-0.3, -0.25) is 0 Å². The van der Waals surface area contributed by atoms with Crippen molar-refractivity contribution in [3.8, 4) is 0 Å². The molecule has 0 unspecified atom stereocenters. The van der Waals surface area contributed by atoms with Gasteiger partial charge in [-0.1, -0.05) is 0 Å². The quantitative estimate of drug-likeness (QED) is 0.264. The molecule has 1 aliphatic heterocycles. The Morgan fingerprint density at radius 3 is 2.33 bits per heavy atom. The monoisotopic (exact) mass is 224 g/mol. The van der Waals surface area contributed by atoms with Crippen molar-refractivity contribution in [2.75, 3.05) is 13.2 Å². The fraction of sp³-hybridized carbons (Fsp3) is 1.00. The molecule has 1 fully saturated rings. The Morgan fingerprint density at radius 2 is 1.93 bits per heavy atom. The molecule has 1 saturated heterocycles. The van der Waals surface area contributed by atoms with Gasteiger partial charge in [-0.15, -0.1) is 0 Å². The molecular formula is C6H13BO8. The molecule has 1 aliphatic rings. The maximum Gasteiger partial charge on any atom is 0.634 e. The second-order valence-corrected chi connectivity index (χ2v) is 3.26. The zero-order valence-electron chi connectivity index (χ0n) is 7.72. The summed E-state index contributed by atoms with van der Waals surface area (Å²) in [5, 5.41) is 53.7. The van der Waals surface area contributed by atoms with Crippen molar-refractivity contribution < 1.29 is 39.9 Å². The second-order valence-electron chi connectivity index (χ2n) is 3.26. The van der Waals surface area contributed by atoms with Crippen LogP contribution in [0.1, 0.15) is 0 Å². The zero-order chi connectivity index (χ0) is 11.6. The number of ether oxygens (including phenoxy) is 1. The first-order valence-corrected chi connectivity index (χ1v) is 4.25. The van der Waals surface area contributed by atoms with Crippen molar-refractivity contribution in [3.05, 3.63) is 0 Å². The van der Waals surface area contributed by atoms with Gasteiger partial charge in [-0.05, 0) is 0 Å². The third-order valence-corrected chi connectivity index (χ3v) is 2.14. The number of hydrogen-bond donors (Lipinski definition) is 6. The van der Waals surface area contributed by atoms with E-state index in [1.54, 1.807) is 0 Å². The molecule has 15 heavy (non-hydrogen) atoms. The Balaban J connectivity index is 2.60. The Hall–Kier alpha value is -0.255. The maximum atomic E-state index is 9.59. The Kier molecular flexibility index (Phi) is 4.03. The van der Waals surface area contributed by atoms with E-state index in [9.17, 15) is 15.3 Å². The molecule has 0 aromatic heterocycles. The van der Waals surface area contributed by atoms with Crippen LogP contribution in [0.15, 0.2) is 0 Å². The fourth-order valence-corrected chi connectivity index (χ4v) is 1.33. The van der Waals surface area contributed by atoms with Crippen molar-refractivity contribution in [2.45, 2.75) is 24.1 Å². The number of aliphatic hydroxyl groups excluding tert-OH is 3. The van der Waals surface area contributed by atoms with Gasteiger partial charge in [0.05, 0.1) is 13.2 Å². The highest BCUT2D eigenvalue weighted by Gasteiger charge is 2.53. The SMILES string of the molecule is OC[C@H]1O[C@@](O)(COB(O)O)[C@@H](O)[C@@H]1O. The van der Waals surface area contributed by atoms with Crippen LogP contribution in [0.4, 0.5) is 0 Å². The molecule has 0 radical (unpaired) electrons. The molecule has 88 valence electrons. The minimum absolute atomic E-state index is 0.595. The van der Waals surface area contributed by atoms with Crippen LogP contribution < -0.4 is 0 Å². The van der Waals surface area contributed by atoms with Crippen LogP contribution in [0, 0.1) is 0 Å². The molecule has 0 amide bonds. The molecule has 0 spiro atoms.